The zero-order valence-corrected chi connectivity index (χ0v) is 12.3. The molecule has 1 N–H and O–H groups in total. The van der Waals surface area contributed by atoms with E-state index in [4.69, 9.17) is 11.6 Å². The van der Waals surface area contributed by atoms with Crippen LogP contribution >= 0.6 is 22.9 Å². The van der Waals surface area contributed by atoms with Gasteiger partial charge in [-0.25, -0.2) is 9.48 Å². The molecule has 0 fully saturated rings. The highest BCUT2D eigenvalue weighted by molar-refractivity contribution is 7.09. The molecule has 21 heavy (non-hydrogen) atoms. The molecule has 0 saturated heterocycles. The van der Waals surface area contributed by atoms with Crippen molar-refractivity contribution in [3.63, 3.8) is 0 Å². The molecule has 106 valence electrons. The summed E-state index contributed by atoms with van der Waals surface area (Å²) in [6.45, 7) is 0.482. The first-order valence-electron chi connectivity index (χ1n) is 6.10. The summed E-state index contributed by atoms with van der Waals surface area (Å²) in [6.07, 6.45) is 0. The van der Waals surface area contributed by atoms with Gasteiger partial charge >= 0.3 is 5.97 Å². The lowest BCUT2D eigenvalue weighted by molar-refractivity contribution is 0.0691. The Kier molecular flexibility index (Phi) is 3.72. The van der Waals surface area contributed by atoms with Crippen molar-refractivity contribution < 1.29 is 9.90 Å². The van der Waals surface area contributed by atoms with E-state index in [0.29, 0.717) is 17.3 Å². The molecule has 1 aromatic carbocycles. The van der Waals surface area contributed by atoms with E-state index in [9.17, 15) is 9.90 Å². The summed E-state index contributed by atoms with van der Waals surface area (Å²) in [5.74, 6) is -1.10. The van der Waals surface area contributed by atoms with Crippen molar-refractivity contribution in [1.82, 2.24) is 15.0 Å². The fourth-order valence-electron chi connectivity index (χ4n) is 2.01. The Morgan fingerprint density at radius 2 is 2.05 bits per heavy atom. The number of aromatic carboxylic acids is 1. The fourth-order valence-corrected chi connectivity index (χ4v) is 2.82. The van der Waals surface area contributed by atoms with Crippen LogP contribution in [0.25, 0.3) is 11.3 Å². The normalized spacial score (nSPS) is 10.7. The molecule has 0 aliphatic rings. The zero-order valence-electron chi connectivity index (χ0n) is 10.7. The molecule has 3 aromatic rings. The van der Waals surface area contributed by atoms with Gasteiger partial charge in [0.2, 0.25) is 0 Å². The third-order valence-corrected chi connectivity index (χ3v) is 4.05. The zero-order chi connectivity index (χ0) is 14.8. The summed E-state index contributed by atoms with van der Waals surface area (Å²) in [5, 5.41) is 19.6. The second-order valence-electron chi connectivity index (χ2n) is 4.34. The van der Waals surface area contributed by atoms with Crippen LogP contribution in [-0.4, -0.2) is 26.1 Å². The number of hydrogen-bond donors (Lipinski definition) is 1. The van der Waals surface area contributed by atoms with Gasteiger partial charge in [-0.3, -0.25) is 0 Å². The second-order valence-corrected chi connectivity index (χ2v) is 5.80. The van der Waals surface area contributed by atoms with Crippen LogP contribution in [0.2, 0.25) is 5.02 Å². The maximum atomic E-state index is 11.3. The average molecular weight is 320 g/mol. The van der Waals surface area contributed by atoms with Gasteiger partial charge in [-0.2, -0.15) is 0 Å². The largest absolute Gasteiger partial charge is 0.476 e. The number of carboxylic acid groups (broad SMARTS) is 1. The number of rotatable bonds is 4. The first-order chi connectivity index (χ1) is 10.1. The Balaban J connectivity index is 2.08. The molecule has 2 aromatic heterocycles. The minimum absolute atomic E-state index is 0.0612. The molecule has 2 heterocycles. The predicted octanol–water partition coefficient (Wildman–Crippen LogP) is 3.41. The third-order valence-electron chi connectivity index (χ3n) is 2.94. The lowest BCUT2D eigenvalue weighted by Gasteiger charge is -2.06. The van der Waals surface area contributed by atoms with E-state index in [2.05, 4.69) is 10.3 Å². The lowest BCUT2D eigenvalue weighted by atomic mass is 10.1. The monoisotopic (exact) mass is 319 g/mol. The van der Waals surface area contributed by atoms with Crippen molar-refractivity contribution in [1.29, 1.82) is 0 Å². The van der Waals surface area contributed by atoms with Gasteiger partial charge in [-0.1, -0.05) is 35.0 Å². The van der Waals surface area contributed by atoms with Crippen molar-refractivity contribution in [2.75, 3.05) is 0 Å². The maximum Gasteiger partial charge on any atom is 0.358 e. The van der Waals surface area contributed by atoms with Gasteiger partial charge < -0.3 is 5.11 Å². The molecule has 0 atom stereocenters. The van der Waals surface area contributed by atoms with Crippen LogP contribution in [-0.2, 0) is 6.54 Å². The highest BCUT2D eigenvalue weighted by atomic mass is 35.5. The van der Waals surface area contributed by atoms with E-state index in [1.807, 2.05) is 17.5 Å². The minimum Gasteiger partial charge on any atom is -0.476 e. The fraction of sp³-hybridized carbons (Fsp3) is 0.0714. The van der Waals surface area contributed by atoms with E-state index in [1.165, 1.54) is 0 Å². The first-order valence-corrected chi connectivity index (χ1v) is 7.36. The van der Waals surface area contributed by atoms with Crippen molar-refractivity contribution in [3.8, 4) is 11.3 Å². The van der Waals surface area contributed by atoms with E-state index >= 15 is 0 Å². The van der Waals surface area contributed by atoms with Crippen LogP contribution in [0, 0.1) is 0 Å². The summed E-state index contributed by atoms with van der Waals surface area (Å²) in [4.78, 5) is 12.4. The number of benzene rings is 1. The van der Waals surface area contributed by atoms with Gasteiger partial charge in [0.1, 0.15) is 5.69 Å². The van der Waals surface area contributed by atoms with Crippen LogP contribution in [0.15, 0.2) is 41.8 Å². The molecule has 5 nitrogen and oxygen atoms in total. The Labute approximate surface area is 129 Å². The minimum atomic E-state index is -1.10. The number of hydrogen-bond acceptors (Lipinski definition) is 4. The van der Waals surface area contributed by atoms with E-state index in [1.54, 1.807) is 40.3 Å². The molecular formula is C14H10ClN3O2S. The quantitative estimate of drug-likeness (QED) is 0.800. The van der Waals surface area contributed by atoms with Crippen LogP contribution in [0.3, 0.4) is 0 Å². The maximum absolute atomic E-state index is 11.3. The molecule has 0 radical (unpaired) electrons. The van der Waals surface area contributed by atoms with Gasteiger partial charge in [-0.05, 0) is 23.6 Å². The average Bonchev–Trinajstić information content (AvgIpc) is 3.10. The smallest absolute Gasteiger partial charge is 0.358 e. The molecule has 0 saturated carbocycles. The van der Waals surface area contributed by atoms with Crippen LogP contribution in [0.4, 0.5) is 0 Å². The third kappa shape index (κ3) is 2.81. The topological polar surface area (TPSA) is 68.0 Å². The molecule has 0 spiro atoms. The van der Waals surface area contributed by atoms with Crippen molar-refractivity contribution in [2.24, 2.45) is 0 Å². The van der Waals surface area contributed by atoms with E-state index in [0.717, 1.165) is 10.4 Å². The van der Waals surface area contributed by atoms with Gasteiger partial charge in [0.05, 0.1) is 6.54 Å². The molecular weight excluding hydrogens is 310 g/mol. The molecule has 0 aliphatic carbocycles. The van der Waals surface area contributed by atoms with Gasteiger partial charge in [0.15, 0.2) is 5.69 Å². The molecule has 0 amide bonds. The van der Waals surface area contributed by atoms with Gasteiger partial charge in [-0.15, -0.1) is 16.4 Å². The Morgan fingerprint density at radius 3 is 2.67 bits per heavy atom. The standard InChI is InChI=1S/C14H10ClN3O2S/c15-10-5-3-9(4-6-10)13-12(14(19)20)16-17-18(13)8-11-2-1-7-21-11/h1-7H,8H2,(H,19,20). The van der Waals surface area contributed by atoms with E-state index < -0.39 is 5.97 Å². The molecule has 7 heteroatoms. The van der Waals surface area contributed by atoms with Crippen LogP contribution < -0.4 is 0 Å². The number of carboxylic acids is 1. The summed E-state index contributed by atoms with van der Waals surface area (Å²) in [6, 6.07) is 10.9. The first kappa shape index (κ1) is 13.8. The summed E-state index contributed by atoms with van der Waals surface area (Å²) in [5.41, 5.74) is 1.14. The van der Waals surface area contributed by atoms with Crippen molar-refractivity contribution >= 4 is 28.9 Å². The highest BCUT2D eigenvalue weighted by Gasteiger charge is 2.20. The predicted molar refractivity (Wildman–Crippen MR) is 80.8 cm³/mol. The summed E-state index contributed by atoms with van der Waals surface area (Å²) >= 11 is 7.46. The van der Waals surface area contributed by atoms with Gasteiger partial charge in [0, 0.05) is 15.5 Å². The Morgan fingerprint density at radius 1 is 1.29 bits per heavy atom. The Bertz CT molecular complexity index is 766. The molecule has 0 bridgehead atoms. The number of halogens is 1. The molecule has 3 rings (SSSR count). The van der Waals surface area contributed by atoms with Crippen molar-refractivity contribution in [3.05, 3.63) is 57.4 Å². The van der Waals surface area contributed by atoms with Crippen LogP contribution in [0.1, 0.15) is 15.4 Å². The number of nitrogens with zero attached hydrogens (tertiary/aromatic N) is 3. The number of carbonyl (C=O) groups is 1. The molecule has 0 aliphatic heterocycles. The van der Waals surface area contributed by atoms with E-state index in [-0.39, 0.29) is 5.69 Å². The lowest BCUT2D eigenvalue weighted by Crippen LogP contribution is -2.05. The van der Waals surface area contributed by atoms with Crippen molar-refractivity contribution in [2.45, 2.75) is 6.54 Å². The second kappa shape index (κ2) is 5.67. The summed E-state index contributed by atoms with van der Waals surface area (Å²) in [7, 11) is 0. The van der Waals surface area contributed by atoms with Gasteiger partial charge in [0.25, 0.3) is 0 Å². The highest BCUT2D eigenvalue weighted by Crippen LogP contribution is 2.25. The number of aromatic nitrogens is 3. The molecule has 0 unspecified atom stereocenters. The number of thiophene rings is 1. The Hall–Kier alpha value is -2.18. The SMILES string of the molecule is O=C(O)c1nnn(Cc2cccs2)c1-c1ccc(Cl)cc1. The summed E-state index contributed by atoms with van der Waals surface area (Å²) < 4.78 is 1.60. The van der Waals surface area contributed by atoms with Crippen LogP contribution in [0.5, 0.6) is 0 Å².